The van der Waals surface area contributed by atoms with E-state index < -0.39 is 5.97 Å². The van der Waals surface area contributed by atoms with E-state index in [1.54, 1.807) is 24.3 Å². The Bertz CT molecular complexity index is 757. The molecule has 0 aromatic heterocycles. The highest BCUT2D eigenvalue weighted by atomic mass is 79.9. The summed E-state index contributed by atoms with van der Waals surface area (Å²) in [6.45, 7) is 1.14. The lowest BCUT2D eigenvalue weighted by molar-refractivity contribution is -0.131. The van der Waals surface area contributed by atoms with E-state index in [-0.39, 0.29) is 12.5 Å². The van der Waals surface area contributed by atoms with Crippen LogP contribution in [-0.4, -0.2) is 18.5 Å². The van der Waals surface area contributed by atoms with Gasteiger partial charge in [0.2, 0.25) is 0 Å². The van der Waals surface area contributed by atoms with Crippen LogP contribution < -0.4 is 14.8 Å². The summed E-state index contributed by atoms with van der Waals surface area (Å²) < 4.78 is 12.8. The van der Waals surface area contributed by atoms with Crippen LogP contribution in [0.15, 0.2) is 49.8 Å². The number of amides is 1. The van der Waals surface area contributed by atoms with Crippen LogP contribution in [0, 0.1) is 0 Å². The number of rotatable bonds is 5. The minimum absolute atomic E-state index is 0.170. The molecular formula is C16H12Br3NO4. The molecule has 0 heterocycles. The summed E-state index contributed by atoms with van der Waals surface area (Å²) in [6.07, 6.45) is 0. The van der Waals surface area contributed by atoms with Gasteiger partial charge in [0.25, 0.3) is 5.91 Å². The van der Waals surface area contributed by atoms with E-state index in [2.05, 4.69) is 53.1 Å². The zero-order valence-electron chi connectivity index (χ0n) is 12.4. The van der Waals surface area contributed by atoms with Crippen molar-refractivity contribution in [2.45, 2.75) is 6.92 Å². The van der Waals surface area contributed by atoms with E-state index in [9.17, 15) is 9.59 Å². The van der Waals surface area contributed by atoms with Crippen molar-refractivity contribution in [3.8, 4) is 11.5 Å². The van der Waals surface area contributed by atoms with Crippen molar-refractivity contribution < 1.29 is 19.1 Å². The Labute approximate surface area is 164 Å². The van der Waals surface area contributed by atoms with Gasteiger partial charge in [-0.15, -0.1) is 0 Å². The summed E-state index contributed by atoms with van der Waals surface area (Å²) in [5, 5.41) is 2.68. The molecule has 5 nitrogen and oxygen atoms in total. The molecule has 126 valence electrons. The molecule has 0 aliphatic carbocycles. The number of ether oxygens (including phenoxy) is 2. The summed E-state index contributed by atoms with van der Waals surface area (Å²) in [7, 11) is 0. The van der Waals surface area contributed by atoms with Gasteiger partial charge in [0.15, 0.2) is 6.61 Å². The molecule has 0 atom stereocenters. The molecule has 0 radical (unpaired) electrons. The number of hydrogen-bond acceptors (Lipinski definition) is 4. The molecule has 0 bridgehead atoms. The second kappa shape index (κ2) is 8.64. The lowest BCUT2D eigenvalue weighted by atomic mass is 10.3. The van der Waals surface area contributed by atoms with Gasteiger partial charge < -0.3 is 14.8 Å². The highest BCUT2D eigenvalue weighted by Crippen LogP contribution is 2.36. The number of carbonyl (C=O) groups is 2. The molecule has 8 heteroatoms. The van der Waals surface area contributed by atoms with E-state index >= 15 is 0 Å². The maximum atomic E-state index is 12.0. The minimum atomic E-state index is -0.424. The molecule has 0 aliphatic rings. The molecule has 0 unspecified atom stereocenters. The number of carbonyl (C=O) groups excluding carboxylic acids is 2. The Morgan fingerprint density at radius 1 is 1.08 bits per heavy atom. The van der Waals surface area contributed by atoms with E-state index in [1.165, 1.54) is 6.92 Å². The Hall–Kier alpha value is -1.38. The lowest BCUT2D eigenvalue weighted by Crippen LogP contribution is -2.20. The first-order chi connectivity index (χ1) is 11.3. The fraction of sp³-hybridized carbons (Fsp3) is 0.125. The van der Waals surface area contributed by atoms with Gasteiger partial charge in [-0.05, 0) is 56.1 Å². The number of anilines is 1. The van der Waals surface area contributed by atoms with E-state index in [0.717, 1.165) is 4.47 Å². The van der Waals surface area contributed by atoms with Crippen molar-refractivity contribution >= 4 is 65.4 Å². The predicted molar refractivity (Wildman–Crippen MR) is 101 cm³/mol. The summed E-state index contributed by atoms with van der Waals surface area (Å²) in [5.74, 6) is 0.130. The highest BCUT2D eigenvalue weighted by Gasteiger charge is 2.11. The molecule has 0 spiro atoms. The molecule has 0 saturated carbocycles. The zero-order valence-corrected chi connectivity index (χ0v) is 17.2. The van der Waals surface area contributed by atoms with E-state index in [4.69, 9.17) is 9.47 Å². The third-order valence-corrected chi connectivity index (χ3v) is 4.33. The molecule has 0 saturated heterocycles. The largest absolute Gasteiger partial charge is 0.481 e. The number of esters is 1. The highest BCUT2D eigenvalue weighted by molar-refractivity contribution is 9.11. The van der Waals surface area contributed by atoms with E-state index in [1.807, 2.05) is 12.1 Å². The van der Waals surface area contributed by atoms with Crippen molar-refractivity contribution in [3.63, 3.8) is 0 Å². The van der Waals surface area contributed by atoms with Crippen LogP contribution in [0.1, 0.15) is 6.92 Å². The van der Waals surface area contributed by atoms with Crippen LogP contribution in [0.3, 0.4) is 0 Å². The topological polar surface area (TPSA) is 64.6 Å². The molecule has 2 aromatic rings. The average Bonchev–Trinajstić information content (AvgIpc) is 2.45. The number of halogens is 3. The SMILES string of the molecule is CC(=O)Oc1cccc(NC(=O)COc2c(Br)cc(Br)cc2Br)c1. The van der Waals surface area contributed by atoms with Gasteiger partial charge in [0.1, 0.15) is 11.5 Å². The van der Waals surface area contributed by atoms with Crippen molar-refractivity contribution in [1.29, 1.82) is 0 Å². The normalized spacial score (nSPS) is 10.2. The molecule has 0 fully saturated rings. The first kappa shape index (κ1) is 19.0. The summed E-state index contributed by atoms with van der Waals surface area (Å²) in [6, 6.07) is 10.2. The summed E-state index contributed by atoms with van der Waals surface area (Å²) in [5.41, 5.74) is 0.510. The second-order valence-electron chi connectivity index (χ2n) is 4.66. The van der Waals surface area contributed by atoms with Crippen LogP contribution in [0.25, 0.3) is 0 Å². The Morgan fingerprint density at radius 3 is 2.38 bits per heavy atom. The van der Waals surface area contributed by atoms with Gasteiger partial charge in [0, 0.05) is 23.2 Å². The third-order valence-electron chi connectivity index (χ3n) is 2.69. The lowest BCUT2D eigenvalue weighted by Gasteiger charge is -2.11. The van der Waals surface area contributed by atoms with Gasteiger partial charge in [0.05, 0.1) is 8.95 Å². The van der Waals surface area contributed by atoms with Crippen LogP contribution in [0.4, 0.5) is 5.69 Å². The fourth-order valence-corrected chi connectivity index (χ4v) is 4.29. The van der Waals surface area contributed by atoms with Crippen molar-refractivity contribution in [2.75, 3.05) is 11.9 Å². The average molecular weight is 522 g/mol. The smallest absolute Gasteiger partial charge is 0.308 e. The number of hydrogen-bond donors (Lipinski definition) is 1. The Morgan fingerprint density at radius 2 is 1.75 bits per heavy atom. The van der Waals surface area contributed by atoms with Crippen molar-refractivity contribution in [2.24, 2.45) is 0 Å². The summed E-state index contributed by atoms with van der Waals surface area (Å²) >= 11 is 10.1. The third kappa shape index (κ3) is 5.61. The summed E-state index contributed by atoms with van der Waals surface area (Å²) in [4.78, 5) is 23.0. The second-order valence-corrected chi connectivity index (χ2v) is 7.28. The number of benzene rings is 2. The fourth-order valence-electron chi connectivity index (χ4n) is 1.80. The monoisotopic (exact) mass is 519 g/mol. The van der Waals surface area contributed by atoms with Gasteiger partial charge in [-0.2, -0.15) is 0 Å². The van der Waals surface area contributed by atoms with Crippen LogP contribution in [0.5, 0.6) is 11.5 Å². The van der Waals surface area contributed by atoms with E-state index in [0.29, 0.717) is 26.1 Å². The first-order valence-corrected chi connectivity index (χ1v) is 9.08. The van der Waals surface area contributed by atoms with Gasteiger partial charge >= 0.3 is 5.97 Å². The zero-order chi connectivity index (χ0) is 17.7. The van der Waals surface area contributed by atoms with Crippen LogP contribution >= 0.6 is 47.8 Å². The molecule has 24 heavy (non-hydrogen) atoms. The van der Waals surface area contributed by atoms with Crippen molar-refractivity contribution in [3.05, 3.63) is 49.8 Å². The molecular weight excluding hydrogens is 510 g/mol. The van der Waals surface area contributed by atoms with Gasteiger partial charge in [-0.25, -0.2) is 0 Å². The first-order valence-electron chi connectivity index (χ1n) is 6.71. The van der Waals surface area contributed by atoms with Gasteiger partial charge in [-0.1, -0.05) is 22.0 Å². The molecule has 2 rings (SSSR count). The maximum absolute atomic E-state index is 12.0. The van der Waals surface area contributed by atoms with Gasteiger partial charge in [-0.3, -0.25) is 9.59 Å². The Balaban J connectivity index is 1.98. The molecule has 1 amide bonds. The molecule has 2 aromatic carbocycles. The molecule has 0 aliphatic heterocycles. The quantitative estimate of drug-likeness (QED) is 0.448. The van der Waals surface area contributed by atoms with Crippen molar-refractivity contribution in [1.82, 2.24) is 0 Å². The number of nitrogens with one attached hydrogen (secondary N) is 1. The predicted octanol–water partition coefficient (Wildman–Crippen LogP) is 4.92. The molecule has 1 N–H and O–H groups in total. The standard InChI is InChI=1S/C16H12Br3NO4/c1-9(21)24-12-4-2-3-11(7-12)20-15(22)8-23-16-13(18)5-10(17)6-14(16)19/h2-7H,8H2,1H3,(H,20,22). The Kier molecular flexibility index (Phi) is 6.82. The van der Waals surface area contributed by atoms with Crippen LogP contribution in [0.2, 0.25) is 0 Å². The van der Waals surface area contributed by atoms with Crippen LogP contribution in [-0.2, 0) is 9.59 Å². The maximum Gasteiger partial charge on any atom is 0.308 e. The minimum Gasteiger partial charge on any atom is -0.481 e.